The lowest BCUT2D eigenvalue weighted by Crippen LogP contribution is -2.25. The van der Waals surface area contributed by atoms with Crippen LogP contribution in [0.15, 0.2) is 53.0 Å². The third-order valence-corrected chi connectivity index (χ3v) is 3.80. The first kappa shape index (κ1) is 17.2. The first-order valence-electron chi connectivity index (χ1n) is 7.45. The van der Waals surface area contributed by atoms with Crippen LogP contribution in [0.3, 0.4) is 0 Å². The van der Waals surface area contributed by atoms with Crippen molar-refractivity contribution in [2.75, 3.05) is 11.9 Å². The van der Waals surface area contributed by atoms with Gasteiger partial charge in [0.05, 0.1) is 0 Å². The summed E-state index contributed by atoms with van der Waals surface area (Å²) < 4.78 is 0.967. The molecule has 2 rings (SSSR count). The normalized spacial score (nSPS) is 10.2. The molecule has 0 unspecified atom stereocenters. The number of hydrogen-bond acceptors (Lipinski definition) is 2. The van der Waals surface area contributed by atoms with Crippen LogP contribution in [-0.2, 0) is 4.79 Å². The highest BCUT2D eigenvalue weighted by Crippen LogP contribution is 2.14. The lowest BCUT2D eigenvalue weighted by molar-refractivity contribution is -0.116. The van der Waals surface area contributed by atoms with Gasteiger partial charge in [-0.2, -0.15) is 0 Å². The largest absolute Gasteiger partial charge is 0.352 e. The topological polar surface area (TPSA) is 58.2 Å². The fourth-order valence-corrected chi connectivity index (χ4v) is 2.36. The Hall–Kier alpha value is -2.14. The average molecular weight is 375 g/mol. The second-order valence-corrected chi connectivity index (χ2v) is 6.20. The van der Waals surface area contributed by atoms with Gasteiger partial charge in [-0.3, -0.25) is 9.59 Å². The van der Waals surface area contributed by atoms with Crippen LogP contribution in [-0.4, -0.2) is 18.4 Å². The van der Waals surface area contributed by atoms with Crippen molar-refractivity contribution in [2.45, 2.75) is 19.8 Å². The summed E-state index contributed by atoms with van der Waals surface area (Å²) in [6, 6.07) is 14.8. The number of anilines is 1. The maximum Gasteiger partial charge on any atom is 0.251 e. The molecule has 0 aliphatic heterocycles. The van der Waals surface area contributed by atoms with Crippen LogP contribution in [0.25, 0.3) is 0 Å². The zero-order valence-corrected chi connectivity index (χ0v) is 14.5. The molecule has 4 nitrogen and oxygen atoms in total. The van der Waals surface area contributed by atoms with Gasteiger partial charge < -0.3 is 10.6 Å². The average Bonchev–Trinajstić information content (AvgIpc) is 2.53. The van der Waals surface area contributed by atoms with Crippen LogP contribution >= 0.6 is 15.9 Å². The molecule has 0 fully saturated rings. The number of halogens is 1. The standard InChI is InChI=1S/C18H19BrN2O2/c1-13-4-2-5-14(12-13)18(23)20-11-3-6-17(22)21-16-9-7-15(19)8-10-16/h2,4-5,7-10,12H,3,6,11H2,1H3,(H,20,23)(H,21,22). The molecule has 2 amide bonds. The zero-order chi connectivity index (χ0) is 16.7. The third kappa shape index (κ3) is 5.87. The maximum atomic E-state index is 11.9. The molecule has 0 aliphatic rings. The number of amides is 2. The molecule has 5 heteroatoms. The van der Waals surface area contributed by atoms with Crippen molar-refractivity contribution in [3.63, 3.8) is 0 Å². The SMILES string of the molecule is Cc1cccc(C(=O)NCCCC(=O)Nc2ccc(Br)cc2)c1. The van der Waals surface area contributed by atoms with Crippen molar-refractivity contribution in [1.29, 1.82) is 0 Å². The zero-order valence-electron chi connectivity index (χ0n) is 12.9. The van der Waals surface area contributed by atoms with Gasteiger partial charge in [-0.25, -0.2) is 0 Å². The molecule has 23 heavy (non-hydrogen) atoms. The number of hydrogen-bond donors (Lipinski definition) is 2. The van der Waals surface area contributed by atoms with Crippen LogP contribution in [0.2, 0.25) is 0 Å². The molecule has 2 N–H and O–H groups in total. The van der Waals surface area contributed by atoms with E-state index in [2.05, 4.69) is 26.6 Å². The Morgan fingerprint density at radius 1 is 1.09 bits per heavy atom. The van der Waals surface area contributed by atoms with Gasteiger partial charge >= 0.3 is 0 Å². The summed E-state index contributed by atoms with van der Waals surface area (Å²) in [6.07, 6.45) is 0.962. The van der Waals surface area contributed by atoms with Gasteiger partial charge in [-0.05, 0) is 49.7 Å². The van der Waals surface area contributed by atoms with E-state index in [0.717, 1.165) is 15.7 Å². The van der Waals surface area contributed by atoms with Crippen molar-refractivity contribution in [2.24, 2.45) is 0 Å². The Morgan fingerprint density at radius 3 is 2.52 bits per heavy atom. The Bertz CT molecular complexity index is 684. The highest BCUT2D eigenvalue weighted by atomic mass is 79.9. The molecule has 0 radical (unpaired) electrons. The molecule has 0 saturated carbocycles. The van der Waals surface area contributed by atoms with Crippen molar-refractivity contribution < 1.29 is 9.59 Å². The van der Waals surface area contributed by atoms with E-state index >= 15 is 0 Å². The van der Waals surface area contributed by atoms with Crippen molar-refractivity contribution in [3.05, 3.63) is 64.1 Å². The van der Waals surface area contributed by atoms with E-state index in [4.69, 9.17) is 0 Å². The Balaban J connectivity index is 1.69. The Kier molecular flexibility index (Phi) is 6.35. The molecule has 2 aromatic rings. The maximum absolute atomic E-state index is 11.9. The predicted molar refractivity (Wildman–Crippen MR) is 95.5 cm³/mol. The summed E-state index contributed by atoms with van der Waals surface area (Å²) in [5.41, 5.74) is 2.46. The second kappa shape index (κ2) is 8.48. The monoisotopic (exact) mass is 374 g/mol. The minimum atomic E-state index is -0.109. The predicted octanol–water partition coefficient (Wildman–Crippen LogP) is 3.91. The Labute approximate surface area is 144 Å². The molecule has 0 atom stereocenters. The fourth-order valence-electron chi connectivity index (χ4n) is 2.10. The molecule has 0 aromatic heterocycles. The third-order valence-electron chi connectivity index (χ3n) is 3.27. The van der Waals surface area contributed by atoms with Crippen LogP contribution < -0.4 is 10.6 Å². The summed E-state index contributed by atoms with van der Waals surface area (Å²) in [4.78, 5) is 23.8. The van der Waals surface area contributed by atoms with E-state index in [9.17, 15) is 9.59 Å². The first-order valence-corrected chi connectivity index (χ1v) is 8.24. The van der Waals surface area contributed by atoms with Crippen molar-refractivity contribution in [1.82, 2.24) is 5.32 Å². The molecular formula is C18H19BrN2O2. The van der Waals surface area contributed by atoms with Gasteiger partial charge in [0.2, 0.25) is 5.91 Å². The number of carbonyl (C=O) groups excluding carboxylic acids is 2. The first-order chi connectivity index (χ1) is 11.0. The minimum Gasteiger partial charge on any atom is -0.352 e. The molecule has 0 bridgehead atoms. The van der Waals surface area contributed by atoms with Gasteiger partial charge in [0.1, 0.15) is 0 Å². The quantitative estimate of drug-likeness (QED) is 0.753. The highest BCUT2D eigenvalue weighted by molar-refractivity contribution is 9.10. The molecule has 0 saturated heterocycles. The summed E-state index contributed by atoms with van der Waals surface area (Å²) >= 11 is 3.35. The van der Waals surface area contributed by atoms with Crippen molar-refractivity contribution in [3.8, 4) is 0 Å². The molecule has 120 valence electrons. The molecule has 0 spiro atoms. The van der Waals surface area contributed by atoms with E-state index in [-0.39, 0.29) is 11.8 Å². The number of aryl methyl sites for hydroxylation is 1. The van der Waals surface area contributed by atoms with E-state index in [1.165, 1.54) is 0 Å². The van der Waals surface area contributed by atoms with Gasteiger partial charge in [0.25, 0.3) is 5.91 Å². The van der Waals surface area contributed by atoms with E-state index in [1.807, 2.05) is 49.4 Å². The van der Waals surface area contributed by atoms with E-state index < -0.39 is 0 Å². The molecular weight excluding hydrogens is 356 g/mol. The molecule has 0 aliphatic carbocycles. The summed E-state index contributed by atoms with van der Waals surface area (Å²) in [7, 11) is 0. The lowest BCUT2D eigenvalue weighted by atomic mass is 10.1. The smallest absolute Gasteiger partial charge is 0.251 e. The van der Waals surface area contributed by atoms with Gasteiger partial charge in [-0.1, -0.05) is 33.6 Å². The van der Waals surface area contributed by atoms with E-state index in [1.54, 1.807) is 6.07 Å². The minimum absolute atomic E-state index is 0.0582. The van der Waals surface area contributed by atoms with E-state index in [0.29, 0.717) is 24.9 Å². The Morgan fingerprint density at radius 2 is 1.83 bits per heavy atom. The van der Waals surface area contributed by atoms with Crippen molar-refractivity contribution >= 4 is 33.4 Å². The van der Waals surface area contributed by atoms with Crippen LogP contribution in [0.4, 0.5) is 5.69 Å². The number of carbonyl (C=O) groups is 2. The summed E-state index contributed by atoms with van der Waals surface area (Å²) in [6.45, 7) is 2.42. The molecule has 0 heterocycles. The number of rotatable bonds is 6. The number of benzene rings is 2. The van der Waals surface area contributed by atoms with Gasteiger partial charge in [0.15, 0.2) is 0 Å². The molecule has 2 aromatic carbocycles. The second-order valence-electron chi connectivity index (χ2n) is 5.28. The van der Waals surface area contributed by atoms with Gasteiger partial charge in [-0.15, -0.1) is 0 Å². The van der Waals surface area contributed by atoms with Crippen LogP contribution in [0.1, 0.15) is 28.8 Å². The summed E-state index contributed by atoms with van der Waals surface area (Å²) in [5.74, 6) is -0.167. The van der Waals surface area contributed by atoms with Crippen LogP contribution in [0, 0.1) is 6.92 Å². The lowest BCUT2D eigenvalue weighted by Gasteiger charge is -2.07. The fraction of sp³-hybridized carbons (Fsp3) is 0.222. The van der Waals surface area contributed by atoms with Gasteiger partial charge in [0, 0.05) is 28.7 Å². The highest BCUT2D eigenvalue weighted by Gasteiger charge is 2.06. The summed E-state index contributed by atoms with van der Waals surface area (Å²) in [5, 5.41) is 5.65. The van der Waals surface area contributed by atoms with Crippen LogP contribution in [0.5, 0.6) is 0 Å². The number of nitrogens with one attached hydrogen (secondary N) is 2.